The van der Waals surface area contributed by atoms with Gasteiger partial charge in [-0.1, -0.05) is 0 Å². The van der Waals surface area contributed by atoms with Crippen LogP contribution in [0.5, 0.6) is 5.75 Å². The van der Waals surface area contributed by atoms with Crippen molar-refractivity contribution in [3.63, 3.8) is 0 Å². The average Bonchev–Trinajstić information content (AvgIpc) is 2.13. The molecule has 1 aromatic rings. The van der Waals surface area contributed by atoms with Gasteiger partial charge >= 0.3 is 16.2 Å². The van der Waals surface area contributed by atoms with Crippen molar-refractivity contribution >= 4 is 16.2 Å². The number of ether oxygens (including phenoxy) is 1. The van der Waals surface area contributed by atoms with Crippen molar-refractivity contribution in [2.24, 2.45) is 5.73 Å². The van der Waals surface area contributed by atoms with Gasteiger partial charge in [-0.2, -0.15) is 8.42 Å². The minimum Gasteiger partial charge on any atom is -0.488 e. The highest BCUT2D eigenvalue weighted by Gasteiger charge is 2.19. The number of benzene rings is 1. The van der Waals surface area contributed by atoms with Crippen molar-refractivity contribution in [3.05, 3.63) is 24.3 Å². The monoisotopic (exact) mass is 273 g/mol. The highest BCUT2D eigenvalue weighted by molar-refractivity contribution is 7.87. The fourth-order valence-corrected chi connectivity index (χ4v) is 1.97. The first kappa shape index (κ1) is 14.3. The fraction of sp³-hybridized carbons (Fsp3) is 0.364. The molecule has 100 valence electrons. The molecule has 0 saturated carbocycles. The summed E-state index contributed by atoms with van der Waals surface area (Å²) in [5.74, 6) is 0.514. The molecule has 0 atom stereocenters. The Morgan fingerprint density at radius 3 is 2.06 bits per heavy atom. The van der Waals surface area contributed by atoms with E-state index in [1.165, 1.54) is 24.3 Å². The summed E-state index contributed by atoms with van der Waals surface area (Å²) in [6.07, 6.45) is -1.37. The highest BCUT2D eigenvalue weighted by Crippen LogP contribution is 2.21. The molecule has 6 nitrogen and oxygen atoms in total. The number of carbonyl (C=O) groups excluding carboxylic acids is 1. The third kappa shape index (κ3) is 4.25. The molecule has 2 N–H and O–H groups in total. The number of hydrogen-bond acceptors (Lipinski definition) is 5. The van der Waals surface area contributed by atoms with Gasteiger partial charge in [0.2, 0.25) is 0 Å². The molecule has 7 heteroatoms. The van der Waals surface area contributed by atoms with Gasteiger partial charge in [-0.15, -0.1) is 0 Å². The molecule has 18 heavy (non-hydrogen) atoms. The first-order valence-corrected chi connectivity index (χ1v) is 6.54. The summed E-state index contributed by atoms with van der Waals surface area (Å²) in [5, 5.41) is 0. The molecule has 0 aliphatic heterocycles. The maximum atomic E-state index is 11.5. The zero-order chi connectivity index (χ0) is 14.0. The topological polar surface area (TPSA) is 95.7 Å². The molecule has 1 aromatic carbocycles. The maximum Gasteiger partial charge on any atom is 0.420 e. The smallest absolute Gasteiger partial charge is 0.420 e. The number of nitrogens with two attached hydrogens (primary N) is 1. The molecular formula is C11H15NO5S. The molecule has 0 aliphatic rings. The Labute approximate surface area is 106 Å². The Morgan fingerprint density at radius 1 is 1.17 bits per heavy atom. The molecule has 0 heterocycles. The zero-order valence-electron chi connectivity index (χ0n) is 10.3. The van der Waals surface area contributed by atoms with E-state index in [1.54, 1.807) is 0 Å². The van der Waals surface area contributed by atoms with Crippen LogP contribution in [0, 0.1) is 0 Å². The summed E-state index contributed by atoms with van der Waals surface area (Å²) in [6.45, 7) is 5.61. The van der Waals surface area contributed by atoms with E-state index in [-0.39, 0.29) is 10.5 Å². The number of primary amides is 1. The Hall–Kier alpha value is -1.76. The fourth-order valence-electron chi connectivity index (χ4n) is 1.18. The predicted molar refractivity (Wildman–Crippen MR) is 64.7 cm³/mol. The van der Waals surface area contributed by atoms with Crippen LogP contribution in [0.2, 0.25) is 0 Å². The van der Waals surface area contributed by atoms with Gasteiger partial charge in [-0.3, -0.25) is 0 Å². The van der Waals surface area contributed by atoms with Gasteiger partial charge in [0.1, 0.15) is 16.2 Å². The van der Waals surface area contributed by atoms with E-state index in [0.717, 1.165) is 0 Å². The molecule has 0 spiro atoms. The van der Waals surface area contributed by atoms with E-state index in [9.17, 15) is 13.2 Å². The van der Waals surface area contributed by atoms with Crippen molar-refractivity contribution < 1.29 is 22.1 Å². The lowest BCUT2D eigenvalue weighted by atomic mass is 10.2. The SMILES string of the molecule is CC(C)(C)Oc1ccc(S(=O)(=O)OC(N)=O)cc1. The third-order valence-corrected chi connectivity index (χ3v) is 2.96. The van der Waals surface area contributed by atoms with Crippen molar-refractivity contribution in [1.29, 1.82) is 0 Å². The molecule has 0 aliphatic carbocycles. The standard InChI is InChI=1S/C11H15NO5S/c1-11(2,3)16-8-4-6-9(7-5-8)18(14,15)17-10(12)13/h4-7H,1-3H3,(H2,12,13). The van der Waals surface area contributed by atoms with Gasteiger partial charge in [-0.05, 0) is 45.0 Å². The van der Waals surface area contributed by atoms with Gasteiger partial charge in [0.15, 0.2) is 0 Å². The number of rotatable bonds is 3. The van der Waals surface area contributed by atoms with Crippen LogP contribution in [-0.2, 0) is 14.3 Å². The molecule has 1 amide bonds. The summed E-state index contributed by atoms with van der Waals surface area (Å²) in [5.41, 5.74) is 4.28. The van der Waals surface area contributed by atoms with E-state index in [2.05, 4.69) is 9.92 Å². The van der Waals surface area contributed by atoms with Gasteiger partial charge in [0.05, 0.1) is 0 Å². The van der Waals surface area contributed by atoms with Gasteiger partial charge in [0, 0.05) is 0 Å². The minimum atomic E-state index is -4.15. The van der Waals surface area contributed by atoms with Crippen LogP contribution in [0.3, 0.4) is 0 Å². The Bertz CT molecular complexity index is 528. The lowest BCUT2D eigenvalue weighted by Crippen LogP contribution is -2.23. The molecule has 0 saturated heterocycles. The molecule has 0 unspecified atom stereocenters. The van der Waals surface area contributed by atoms with Crippen LogP contribution in [0.1, 0.15) is 20.8 Å². The van der Waals surface area contributed by atoms with Gasteiger partial charge in [-0.25, -0.2) is 4.79 Å². The number of amides is 1. The summed E-state index contributed by atoms with van der Waals surface area (Å²) >= 11 is 0. The van der Waals surface area contributed by atoms with Crippen molar-refractivity contribution in [3.8, 4) is 5.75 Å². The second-order valence-electron chi connectivity index (χ2n) is 4.54. The maximum absolute atomic E-state index is 11.5. The van der Waals surface area contributed by atoms with E-state index < -0.39 is 16.2 Å². The van der Waals surface area contributed by atoms with Crippen LogP contribution >= 0.6 is 0 Å². The first-order valence-electron chi connectivity index (χ1n) is 5.13. The molecule has 0 fully saturated rings. The van der Waals surface area contributed by atoms with Crippen LogP contribution in [0.4, 0.5) is 4.79 Å². The summed E-state index contributed by atoms with van der Waals surface area (Å²) < 4.78 is 32.5. The van der Waals surface area contributed by atoms with Crippen LogP contribution in [0.25, 0.3) is 0 Å². The highest BCUT2D eigenvalue weighted by atomic mass is 32.2. The van der Waals surface area contributed by atoms with E-state index in [4.69, 9.17) is 4.74 Å². The molecular weight excluding hydrogens is 258 g/mol. The first-order chi connectivity index (χ1) is 8.10. The van der Waals surface area contributed by atoms with E-state index >= 15 is 0 Å². The summed E-state index contributed by atoms with van der Waals surface area (Å²) in [6, 6.07) is 5.50. The van der Waals surface area contributed by atoms with Crippen molar-refractivity contribution in [1.82, 2.24) is 0 Å². The van der Waals surface area contributed by atoms with Crippen molar-refractivity contribution in [2.75, 3.05) is 0 Å². The molecule has 0 aromatic heterocycles. The van der Waals surface area contributed by atoms with Crippen LogP contribution < -0.4 is 10.5 Å². The normalized spacial score (nSPS) is 11.9. The van der Waals surface area contributed by atoms with Crippen LogP contribution in [-0.4, -0.2) is 20.1 Å². The molecule has 0 bridgehead atoms. The lowest BCUT2D eigenvalue weighted by Gasteiger charge is -2.21. The number of hydrogen-bond donors (Lipinski definition) is 1. The lowest BCUT2D eigenvalue weighted by molar-refractivity contribution is 0.131. The quantitative estimate of drug-likeness (QED) is 0.845. The molecule has 1 rings (SSSR count). The van der Waals surface area contributed by atoms with Gasteiger partial charge in [0.25, 0.3) is 0 Å². The number of carbonyl (C=O) groups is 1. The average molecular weight is 273 g/mol. The second kappa shape index (κ2) is 4.85. The second-order valence-corrected chi connectivity index (χ2v) is 6.09. The Morgan fingerprint density at radius 2 is 1.67 bits per heavy atom. The van der Waals surface area contributed by atoms with Gasteiger partial charge < -0.3 is 14.7 Å². The minimum absolute atomic E-state index is 0.164. The predicted octanol–water partition coefficient (Wildman–Crippen LogP) is 1.65. The van der Waals surface area contributed by atoms with E-state index in [0.29, 0.717) is 5.75 Å². The van der Waals surface area contributed by atoms with Crippen molar-refractivity contribution in [2.45, 2.75) is 31.3 Å². The summed E-state index contributed by atoms with van der Waals surface area (Å²) in [7, 11) is -4.15. The zero-order valence-corrected chi connectivity index (χ0v) is 11.2. The Kier molecular flexibility index (Phi) is 3.85. The molecule has 0 radical (unpaired) electrons. The van der Waals surface area contributed by atoms with Crippen LogP contribution in [0.15, 0.2) is 29.2 Å². The summed E-state index contributed by atoms with van der Waals surface area (Å²) in [4.78, 5) is 10.3. The largest absolute Gasteiger partial charge is 0.488 e. The third-order valence-electron chi connectivity index (χ3n) is 1.73. The van der Waals surface area contributed by atoms with E-state index in [1.807, 2.05) is 20.8 Å². The Balaban J connectivity index is 2.93.